The van der Waals surface area contributed by atoms with Gasteiger partial charge < -0.3 is 0 Å². The highest BCUT2D eigenvalue weighted by molar-refractivity contribution is 5.87. The minimum absolute atomic E-state index is 0.754. The summed E-state index contributed by atoms with van der Waals surface area (Å²) in [6, 6.07) is 11.7. The van der Waals surface area contributed by atoms with Crippen LogP contribution in [0.25, 0.3) is 34.1 Å². The van der Waals surface area contributed by atoms with Crippen LogP contribution in [0.2, 0.25) is 0 Å². The molecular weight excluding hydrogens is 504 g/mol. The van der Waals surface area contributed by atoms with Crippen molar-refractivity contribution in [2.75, 3.05) is 0 Å². The van der Waals surface area contributed by atoms with Crippen molar-refractivity contribution in [3.8, 4) is 34.1 Å². The van der Waals surface area contributed by atoms with Gasteiger partial charge in [-0.05, 0) is 64.1 Å². The van der Waals surface area contributed by atoms with Crippen molar-refractivity contribution in [2.45, 2.75) is 27.7 Å². The monoisotopic (exact) mass is 530 g/mol. The SMILES string of the molecule is Cc1cc(C)n(-c2c(-n3cccn3)c(-n3cccn3)c(-n3nc(C)cc3C)c(-n3cccn3)c2-n2cccn2)n1. The smallest absolute Gasteiger partial charge is 0.121 e. The Kier molecular flexibility index (Phi) is 5.33. The van der Waals surface area contributed by atoms with Crippen molar-refractivity contribution < 1.29 is 0 Å². The van der Waals surface area contributed by atoms with Crippen LogP contribution in [0.5, 0.6) is 0 Å². The first-order chi connectivity index (χ1) is 19.5. The number of nitrogens with zero attached hydrogens (tertiary/aromatic N) is 12. The quantitative estimate of drug-likeness (QED) is 0.321. The van der Waals surface area contributed by atoms with Crippen LogP contribution in [0, 0.1) is 27.7 Å². The molecule has 0 unspecified atom stereocenters. The highest BCUT2D eigenvalue weighted by Crippen LogP contribution is 2.42. The van der Waals surface area contributed by atoms with Crippen molar-refractivity contribution in [3.05, 3.63) is 109 Å². The van der Waals surface area contributed by atoms with Gasteiger partial charge in [0.25, 0.3) is 0 Å². The normalized spacial score (nSPS) is 11.5. The van der Waals surface area contributed by atoms with E-state index in [1.54, 1.807) is 24.8 Å². The van der Waals surface area contributed by atoms with Gasteiger partial charge in [-0.1, -0.05) is 0 Å². The molecule has 198 valence electrons. The lowest BCUT2D eigenvalue weighted by molar-refractivity contribution is 0.727. The zero-order valence-electron chi connectivity index (χ0n) is 22.4. The molecule has 0 radical (unpaired) electrons. The molecule has 0 aliphatic heterocycles. The van der Waals surface area contributed by atoms with Crippen LogP contribution in [0.1, 0.15) is 22.8 Å². The average molecular weight is 531 g/mol. The predicted octanol–water partition coefficient (Wildman–Crippen LogP) is 4.03. The van der Waals surface area contributed by atoms with Crippen LogP contribution < -0.4 is 0 Å². The molecule has 7 rings (SSSR count). The van der Waals surface area contributed by atoms with Crippen LogP contribution in [0.3, 0.4) is 0 Å². The van der Waals surface area contributed by atoms with Crippen molar-refractivity contribution in [1.29, 1.82) is 0 Å². The summed E-state index contributed by atoms with van der Waals surface area (Å²) in [7, 11) is 0. The van der Waals surface area contributed by atoms with E-state index in [0.717, 1.165) is 56.9 Å². The third-order valence-electron chi connectivity index (χ3n) is 6.72. The molecular formula is C28H26N12. The second kappa shape index (κ2) is 9.05. The molecule has 0 amide bonds. The first kappa shape index (κ1) is 23.6. The van der Waals surface area contributed by atoms with Gasteiger partial charge in [-0.15, -0.1) is 0 Å². The summed E-state index contributed by atoms with van der Waals surface area (Å²) in [6.07, 6.45) is 14.7. The zero-order valence-corrected chi connectivity index (χ0v) is 22.4. The van der Waals surface area contributed by atoms with E-state index in [4.69, 9.17) is 30.6 Å². The van der Waals surface area contributed by atoms with Gasteiger partial charge in [-0.25, -0.2) is 28.1 Å². The maximum absolute atomic E-state index is 4.94. The maximum Gasteiger partial charge on any atom is 0.121 e. The van der Waals surface area contributed by atoms with Gasteiger partial charge in [0.2, 0.25) is 0 Å². The topological polar surface area (TPSA) is 107 Å². The van der Waals surface area contributed by atoms with Crippen molar-refractivity contribution in [1.82, 2.24) is 58.7 Å². The Morgan fingerprint density at radius 2 is 0.725 bits per heavy atom. The second-order valence-electron chi connectivity index (χ2n) is 9.57. The van der Waals surface area contributed by atoms with E-state index in [1.165, 1.54) is 0 Å². The first-order valence-electron chi connectivity index (χ1n) is 12.8. The van der Waals surface area contributed by atoms with E-state index in [0.29, 0.717) is 0 Å². The molecule has 0 aliphatic rings. The molecule has 0 saturated heterocycles. The summed E-state index contributed by atoms with van der Waals surface area (Å²) in [5.74, 6) is 0. The Balaban J connectivity index is 1.82. The van der Waals surface area contributed by atoms with Gasteiger partial charge >= 0.3 is 0 Å². The standard InChI is InChI=1S/C28H26N12/c1-19-17-21(3)39(33-19)27-23(35-13-5-9-29-35)25(37-15-7-11-31-37)28(40-22(4)18-20(2)34-40)26(38-16-8-12-32-38)24(27)36-14-6-10-30-36/h5-18H,1-4H3. The summed E-state index contributed by atoms with van der Waals surface area (Å²) in [6.45, 7) is 8.04. The van der Waals surface area contributed by atoms with Gasteiger partial charge in [0, 0.05) is 61.0 Å². The van der Waals surface area contributed by atoms with Gasteiger partial charge in [-0.3, -0.25) is 0 Å². The van der Waals surface area contributed by atoms with Crippen molar-refractivity contribution >= 4 is 0 Å². The van der Waals surface area contributed by atoms with Crippen molar-refractivity contribution in [3.63, 3.8) is 0 Å². The number of aromatic nitrogens is 12. The predicted molar refractivity (Wildman–Crippen MR) is 148 cm³/mol. The molecule has 12 heteroatoms. The third-order valence-corrected chi connectivity index (χ3v) is 6.72. The van der Waals surface area contributed by atoms with E-state index in [-0.39, 0.29) is 0 Å². The van der Waals surface area contributed by atoms with E-state index in [1.807, 2.05) is 105 Å². The number of hydrogen-bond donors (Lipinski definition) is 0. The van der Waals surface area contributed by atoms with E-state index >= 15 is 0 Å². The molecule has 1 aromatic carbocycles. The fourth-order valence-electron chi connectivity index (χ4n) is 5.26. The first-order valence-corrected chi connectivity index (χ1v) is 12.8. The van der Waals surface area contributed by atoms with Crippen LogP contribution >= 0.6 is 0 Å². The third kappa shape index (κ3) is 3.61. The molecule has 0 N–H and O–H groups in total. The van der Waals surface area contributed by atoms with E-state index in [2.05, 4.69) is 12.1 Å². The Morgan fingerprint density at radius 1 is 0.425 bits per heavy atom. The van der Waals surface area contributed by atoms with E-state index < -0.39 is 0 Å². The lowest BCUT2D eigenvalue weighted by atomic mass is 10.1. The van der Waals surface area contributed by atoms with Crippen molar-refractivity contribution in [2.24, 2.45) is 0 Å². The molecule has 6 aromatic heterocycles. The molecule has 0 aliphatic carbocycles. The van der Waals surface area contributed by atoms with Crippen LogP contribution in [-0.4, -0.2) is 58.7 Å². The number of benzene rings is 1. The molecule has 0 bridgehead atoms. The molecule has 0 fully saturated rings. The molecule has 0 atom stereocenters. The fourth-order valence-corrected chi connectivity index (χ4v) is 5.26. The zero-order chi connectivity index (χ0) is 27.4. The Morgan fingerprint density at radius 3 is 0.925 bits per heavy atom. The van der Waals surface area contributed by atoms with Gasteiger partial charge in [0.15, 0.2) is 0 Å². The summed E-state index contributed by atoms with van der Waals surface area (Å²) in [5, 5.41) is 28.7. The molecule has 0 saturated carbocycles. The van der Waals surface area contributed by atoms with Gasteiger partial charge in [-0.2, -0.15) is 30.6 Å². The van der Waals surface area contributed by atoms with E-state index in [9.17, 15) is 0 Å². The fraction of sp³-hybridized carbons (Fsp3) is 0.143. The summed E-state index contributed by atoms with van der Waals surface area (Å²) >= 11 is 0. The van der Waals surface area contributed by atoms with Gasteiger partial charge in [0.05, 0.1) is 11.4 Å². The lowest BCUT2D eigenvalue weighted by Gasteiger charge is -2.27. The number of rotatable bonds is 6. The molecule has 6 heterocycles. The molecule has 7 aromatic rings. The maximum atomic E-state index is 4.94. The molecule has 0 spiro atoms. The summed E-state index contributed by atoms with van der Waals surface area (Å²) < 4.78 is 11.3. The van der Waals surface area contributed by atoms with Crippen LogP contribution in [0.15, 0.2) is 86.0 Å². The minimum atomic E-state index is 0.754. The minimum Gasteiger partial charge on any atom is -0.236 e. The Labute approximate surface area is 229 Å². The summed E-state index contributed by atoms with van der Waals surface area (Å²) in [5.41, 5.74) is 8.23. The number of hydrogen-bond acceptors (Lipinski definition) is 6. The highest BCUT2D eigenvalue weighted by atomic mass is 15.4. The number of aryl methyl sites for hydroxylation is 4. The van der Waals surface area contributed by atoms with Gasteiger partial charge in [0.1, 0.15) is 34.1 Å². The Hall–Kier alpha value is -5.52. The van der Waals surface area contributed by atoms with Crippen LogP contribution in [-0.2, 0) is 0 Å². The summed E-state index contributed by atoms with van der Waals surface area (Å²) in [4.78, 5) is 0. The lowest BCUT2D eigenvalue weighted by Crippen LogP contribution is -2.22. The largest absolute Gasteiger partial charge is 0.236 e. The second-order valence-corrected chi connectivity index (χ2v) is 9.57. The highest BCUT2D eigenvalue weighted by Gasteiger charge is 2.33. The average Bonchev–Trinajstić information content (AvgIpc) is 3.76. The molecule has 12 nitrogen and oxygen atoms in total. The molecule has 40 heavy (non-hydrogen) atoms. The Bertz CT molecular complexity index is 1680. The van der Waals surface area contributed by atoms with Crippen LogP contribution in [0.4, 0.5) is 0 Å².